The minimum atomic E-state index is -1.38. The minimum Gasteiger partial charge on any atom is -0.463 e. The lowest BCUT2D eigenvalue weighted by Crippen LogP contribution is -2.68. The predicted molar refractivity (Wildman–Crippen MR) is 415 cm³/mol. The Morgan fingerprint density at radius 2 is 0.622 bits per heavy atom. The molecular weight excluding hydrogens is 1410 g/mol. The first-order valence-corrected chi connectivity index (χ1v) is 38.6. The van der Waals surface area contributed by atoms with Crippen LogP contribution in [-0.2, 0) is 154 Å². The van der Waals surface area contributed by atoms with Gasteiger partial charge in [-0.15, -0.1) is 0 Å². The summed E-state index contributed by atoms with van der Waals surface area (Å²) in [4.78, 5) is 14.6. The van der Waals surface area contributed by atoms with E-state index in [0.717, 1.165) is 69.5 Å². The lowest BCUT2D eigenvalue weighted by Gasteiger charge is -2.51. The third-order valence-electron chi connectivity index (χ3n) is 19.9. The van der Waals surface area contributed by atoms with E-state index in [2.05, 4.69) is 4.57 Å². The largest absolute Gasteiger partial charge is 0.463 e. The molecule has 1 aromatic heterocycles. The van der Waals surface area contributed by atoms with Crippen molar-refractivity contribution >= 4 is 5.97 Å². The monoisotopic (exact) mass is 1510 g/mol. The topological polar surface area (TPSA) is 174 Å². The average molecular weight is 1510 g/mol. The van der Waals surface area contributed by atoms with Crippen LogP contribution in [0.2, 0.25) is 0 Å². The maximum atomic E-state index is 14.6. The van der Waals surface area contributed by atoms with Crippen LogP contribution in [0.25, 0.3) is 0 Å². The van der Waals surface area contributed by atoms with Crippen molar-refractivity contribution < 1.29 is 85.2 Å². The number of hydrogen-bond donors (Lipinski definition) is 0. The van der Waals surface area contributed by atoms with Crippen molar-refractivity contribution in [3.63, 3.8) is 0 Å². The maximum absolute atomic E-state index is 14.6. The van der Waals surface area contributed by atoms with E-state index in [9.17, 15) is 4.79 Å². The molecule has 0 amide bonds. The van der Waals surface area contributed by atoms with Crippen LogP contribution in [-0.4, -0.2) is 130 Å². The first-order valence-electron chi connectivity index (χ1n) is 38.6. The van der Waals surface area contributed by atoms with Crippen LogP contribution in [0.5, 0.6) is 0 Å². The summed E-state index contributed by atoms with van der Waals surface area (Å²) in [5.74, 6) is -0.428. The molecule has 0 radical (unpaired) electrons. The second kappa shape index (κ2) is 43.2. The molecule has 582 valence electrons. The number of rotatable bonds is 42. The molecule has 0 spiro atoms. The van der Waals surface area contributed by atoms with E-state index in [1.54, 1.807) is 7.11 Å². The molecule has 9 aromatic carbocycles. The van der Waals surface area contributed by atoms with Gasteiger partial charge in [-0.1, -0.05) is 273 Å². The van der Waals surface area contributed by atoms with Gasteiger partial charge in [0.1, 0.15) is 92.2 Å². The predicted octanol–water partition coefficient (Wildman–Crippen LogP) is 14.5. The number of benzene rings is 9. The number of nitrogens with zero attached hydrogens (tertiary/aromatic N) is 2. The Morgan fingerprint density at radius 3 is 0.955 bits per heavy atom. The number of esters is 1. The highest BCUT2D eigenvalue weighted by molar-refractivity contribution is 5.69. The molecule has 19 nitrogen and oxygen atoms in total. The number of ether oxygens (including phenoxy) is 16. The van der Waals surface area contributed by atoms with Crippen LogP contribution < -0.4 is 4.57 Å². The number of carbonyl (C=O) groups is 1. The molecule has 3 fully saturated rings. The quantitative estimate of drug-likeness (QED) is 0.0201. The van der Waals surface area contributed by atoms with E-state index in [0.29, 0.717) is 6.42 Å². The number of imidazole rings is 1. The van der Waals surface area contributed by atoms with Crippen molar-refractivity contribution in [1.82, 2.24) is 4.57 Å². The molecule has 13 rings (SSSR count). The van der Waals surface area contributed by atoms with Gasteiger partial charge in [-0.2, -0.15) is 0 Å². The van der Waals surface area contributed by atoms with Gasteiger partial charge in [0.15, 0.2) is 18.9 Å². The Hall–Kier alpha value is -8.94. The zero-order valence-electron chi connectivity index (χ0n) is 63.2. The summed E-state index contributed by atoms with van der Waals surface area (Å²) < 4.78 is 119. The van der Waals surface area contributed by atoms with E-state index in [1.165, 1.54) is 0 Å². The van der Waals surface area contributed by atoms with Crippen molar-refractivity contribution in [2.24, 2.45) is 7.05 Å². The van der Waals surface area contributed by atoms with Gasteiger partial charge in [-0.25, -0.2) is 9.13 Å². The van der Waals surface area contributed by atoms with Crippen LogP contribution in [0, 0.1) is 0 Å². The lowest BCUT2D eigenvalue weighted by molar-refractivity contribution is -0.671. The molecule has 4 heterocycles. The van der Waals surface area contributed by atoms with Crippen molar-refractivity contribution in [2.45, 2.75) is 184 Å². The van der Waals surface area contributed by atoms with Crippen LogP contribution in [0.15, 0.2) is 292 Å². The molecule has 0 saturated carbocycles. The molecule has 0 bridgehead atoms. The third-order valence-corrected chi connectivity index (χ3v) is 19.9. The SMILES string of the molecule is CO[C@H]1O[C@H](COCc2ccccc2)[C@@H](O[C@H]2OC(COC(=O)CCCCCn3cc[n+](C)c3)[C@@H](O[C@H]3O[C@H](COCc4ccccc4)[C@@H](OCc4ccccc4)[C@H](OCc4ccccc4)[C@H]3OCc3ccccc3)[C@H](OCc3ccccc3)[C@H]2OCc2ccccc2)[C@H](OCc2ccccc2)[C@H]1OCc1ccccc1. The fourth-order valence-corrected chi connectivity index (χ4v) is 14.1. The third kappa shape index (κ3) is 24.3. The lowest BCUT2D eigenvalue weighted by atomic mass is 9.95. The molecule has 0 aliphatic carbocycles. The minimum absolute atomic E-state index is 0.00617. The Labute approximate surface area is 652 Å². The van der Waals surface area contributed by atoms with Gasteiger partial charge in [0.25, 0.3) is 0 Å². The highest BCUT2D eigenvalue weighted by Gasteiger charge is 2.57. The fourth-order valence-electron chi connectivity index (χ4n) is 14.1. The summed E-state index contributed by atoms with van der Waals surface area (Å²) >= 11 is 0. The van der Waals surface area contributed by atoms with Crippen molar-refractivity contribution in [1.29, 1.82) is 0 Å². The van der Waals surface area contributed by atoms with E-state index in [4.69, 9.17) is 75.8 Å². The number of unbranched alkanes of at least 4 members (excludes halogenated alkanes) is 2. The number of aryl methyl sites for hydroxylation is 2. The maximum Gasteiger partial charge on any atom is 0.305 e. The zero-order valence-corrected chi connectivity index (χ0v) is 63.2. The van der Waals surface area contributed by atoms with Crippen LogP contribution >= 0.6 is 0 Å². The summed E-state index contributed by atoms with van der Waals surface area (Å²) in [6.07, 6.45) is -7.45. The molecule has 111 heavy (non-hydrogen) atoms. The summed E-state index contributed by atoms with van der Waals surface area (Å²) in [7, 11) is 3.59. The van der Waals surface area contributed by atoms with Crippen LogP contribution in [0.3, 0.4) is 0 Å². The number of hydrogen-bond acceptors (Lipinski definition) is 17. The first kappa shape index (κ1) is 80.1. The van der Waals surface area contributed by atoms with Crippen LogP contribution in [0.1, 0.15) is 75.8 Å². The van der Waals surface area contributed by atoms with Gasteiger partial charge in [0.05, 0.1) is 86.3 Å². The summed E-state index contributed by atoms with van der Waals surface area (Å²) in [6, 6.07) is 89.5. The van der Waals surface area contributed by atoms with Gasteiger partial charge in [-0.3, -0.25) is 4.79 Å². The van der Waals surface area contributed by atoms with Crippen LogP contribution in [0.4, 0.5) is 0 Å². The van der Waals surface area contributed by atoms with E-state index in [-0.39, 0.29) is 85.7 Å². The molecule has 10 aromatic rings. The standard InChI is InChI=1S/C92H103N2O17/c1-93-53-54-94(67-93)52-32-12-31-51-80(95)99-66-79-83(111-91-88(105-62-75-47-27-10-28-48-75)84(101-58-71-39-19-6-20-40-71)81(100-57-70-37-17-5-18-38-70)77(108-91)64-97-55-68-33-13-3-14-34-68)86(103-60-73-43-23-8-24-44-73)89(106-63-76-49-29-11-30-50-76)92(109-79)110-82-78(65-98-56-69-35-15-4-16-36-69)107-90(96-2)87(104-61-74-45-25-9-26-46-74)85(82)102-59-72-41-21-7-22-42-72/h3-11,13-30,33-50,53-54,67,77-79,81-92H,12,31-32,51-52,55-66H2,1-2H3/q+1/t77-,78-,79?,81-,82-,83-,84+,85+,86+,87-,88-,89-,90+,91-,92-/m1/s1. The normalized spacial score (nSPS) is 23.9. The highest BCUT2D eigenvalue weighted by Crippen LogP contribution is 2.40. The molecule has 3 aliphatic heterocycles. The van der Waals surface area contributed by atoms with Crippen molar-refractivity contribution in [3.05, 3.63) is 342 Å². The Balaban J connectivity index is 0.926. The van der Waals surface area contributed by atoms with E-state index < -0.39 is 98.1 Å². The molecule has 3 aliphatic rings. The first-order chi connectivity index (χ1) is 54.8. The highest BCUT2D eigenvalue weighted by atomic mass is 16.8. The molecule has 19 heteroatoms. The number of carbonyl (C=O) groups excluding carboxylic acids is 1. The fraction of sp³-hybridized carbons (Fsp3) is 0.370. The van der Waals surface area contributed by atoms with Gasteiger partial charge in [-0.05, 0) is 69.3 Å². The smallest absolute Gasteiger partial charge is 0.305 e. The Bertz CT molecular complexity index is 4200. The summed E-state index contributed by atoms with van der Waals surface area (Å²) in [5.41, 5.74) is 8.21. The molecule has 0 N–H and O–H groups in total. The van der Waals surface area contributed by atoms with E-state index in [1.807, 2.05) is 303 Å². The average Bonchev–Trinajstić information content (AvgIpc) is 0.778. The molecular formula is C92H103N2O17+. The van der Waals surface area contributed by atoms with Gasteiger partial charge in [0, 0.05) is 13.5 Å². The second-order valence-electron chi connectivity index (χ2n) is 28.2. The molecule has 15 atom stereocenters. The van der Waals surface area contributed by atoms with Crippen molar-refractivity contribution in [2.75, 3.05) is 26.9 Å². The zero-order chi connectivity index (χ0) is 75.9. The molecule has 1 unspecified atom stereocenters. The second-order valence-corrected chi connectivity index (χ2v) is 28.2. The van der Waals surface area contributed by atoms with Crippen molar-refractivity contribution in [3.8, 4) is 0 Å². The van der Waals surface area contributed by atoms with Gasteiger partial charge < -0.3 is 75.8 Å². The van der Waals surface area contributed by atoms with E-state index >= 15 is 0 Å². The number of aromatic nitrogens is 2. The summed E-state index contributed by atoms with van der Waals surface area (Å²) in [6.45, 7) is 1.96. The van der Waals surface area contributed by atoms with Gasteiger partial charge in [0.2, 0.25) is 6.33 Å². The summed E-state index contributed by atoms with van der Waals surface area (Å²) in [5, 5.41) is 0. The number of methoxy groups -OCH3 is 1. The Morgan fingerprint density at radius 1 is 0.333 bits per heavy atom. The molecule has 3 saturated heterocycles. The Kier molecular flexibility index (Phi) is 31.2. The van der Waals surface area contributed by atoms with Gasteiger partial charge >= 0.3 is 5.97 Å².